The molecule has 1 heterocycles. The molecule has 0 aliphatic rings. The quantitative estimate of drug-likeness (QED) is 0.730. The molecule has 1 aromatic rings. The Morgan fingerprint density at radius 2 is 1.71 bits per heavy atom. The molecule has 4 N–H and O–H groups in total. The van der Waals surface area contributed by atoms with Gasteiger partial charge in [0.05, 0.1) is 23.3 Å². The molecule has 0 radical (unpaired) electrons. The van der Waals surface area contributed by atoms with Gasteiger partial charge < -0.3 is 11.5 Å². The van der Waals surface area contributed by atoms with Crippen LogP contribution in [0.15, 0.2) is 12.3 Å². The summed E-state index contributed by atoms with van der Waals surface area (Å²) in [7, 11) is 0. The zero-order valence-corrected chi connectivity index (χ0v) is 9.13. The Morgan fingerprint density at radius 3 is 2.07 bits per heavy atom. The maximum Gasteiger partial charge on any atom is 0.147 e. The Kier molecular flexibility index (Phi) is 4.34. The van der Waals surface area contributed by atoms with Crippen molar-refractivity contribution >= 4 is 11.4 Å². The maximum atomic E-state index is 13.3. The lowest BCUT2D eigenvalue weighted by Crippen LogP contribution is -2.12. The molecule has 0 saturated carbocycles. The van der Waals surface area contributed by atoms with E-state index >= 15 is 0 Å². The molecule has 80 valence electrons. The highest BCUT2D eigenvalue weighted by atomic mass is 19.1. The minimum atomic E-state index is -1.47. The number of anilines is 2. The molecule has 0 amide bonds. The molecule has 1 aromatic heterocycles. The average Bonchev–Trinajstić information content (AvgIpc) is 2.11. The van der Waals surface area contributed by atoms with Crippen molar-refractivity contribution in [3.63, 3.8) is 0 Å². The van der Waals surface area contributed by atoms with Gasteiger partial charge in [-0.05, 0) is 19.9 Å². The molecule has 0 atom stereocenters. The molecule has 0 bridgehead atoms. The summed E-state index contributed by atoms with van der Waals surface area (Å²) < 4.78 is 13.3. The SMILES string of the molecule is CC.CC(C)(F)c1cc(N)c(N)cn1. The lowest BCUT2D eigenvalue weighted by Gasteiger charge is -2.13. The van der Waals surface area contributed by atoms with Crippen LogP contribution < -0.4 is 11.5 Å². The lowest BCUT2D eigenvalue weighted by molar-refractivity contribution is 0.214. The summed E-state index contributed by atoms with van der Waals surface area (Å²) in [5.41, 5.74) is 10.5. The van der Waals surface area contributed by atoms with Crippen LogP contribution in [-0.2, 0) is 5.67 Å². The zero-order valence-electron chi connectivity index (χ0n) is 9.13. The van der Waals surface area contributed by atoms with Crippen LogP contribution in [0.3, 0.4) is 0 Å². The van der Waals surface area contributed by atoms with Crippen LogP contribution in [0.4, 0.5) is 15.8 Å². The van der Waals surface area contributed by atoms with Gasteiger partial charge in [0, 0.05) is 0 Å². The monoisotopic (exact) mass is 199 g/mol. The zero-order chi connectivity index (χ0) is 11.4. The summed E-state index contributed by atoms with van der Waals surface area (Å²) in [5.74, 6) is 0. The van der Waals surface area contributed by atoms with Crippen LogP contribution in [0, 0.1) is 0 Å². The normalized spacial score (nSPS) is 10.4. The van der Waals surface area contributed by atoms with Crippen LogP contribution in [0.25, 0.3) is 0 Å². The van der Waals surface area contributed by atoms with Crippen LogP contribution >= 0.6 is 0 Å². The molecule has 4 heteroatoms. The van der Waals surface area contributed by atoms with Gasteiger partial charge in [-0.25, -0.2) is 4.39 Å². The van der Waals surface area contributed by atoms with Gasteiger partial charge >= 0.3 is 0 Å². The van der Waals surface area contributed by atoms with Crippen LogP contribution in [0.2, 0.25) is 0 Å². The number of hydrogen-bond donors (Lipinski definition) is 2. The molecule has 0 aromatic carbocycles. The van der Waals surface area contributed by atoms with E-state index in [1.165, 1.54) is 26.1 Å². The lowest BCUT2D eigenvalue weighted by atomic mass is 10.1. The summed E-state index contributed by atoms with van der Waals surface area (Å²) >= 11 is 0. The Labute approximate surface area is 84.3 Å². The first-order chi connectivity index (χ1) is 6.41. The molecule has 1 rings (SSSR count). The van der Waals surface area contributed by atoms with E-state index in [-0.39, 0.29) is 0 Å². The van der Waals surface area contributed by atoms with Crippen molar-refractivity contribution < 1.29 is 4.39 Å². The highest BCUT2D eigenvalue weighted by molar-refractivity contribution is 5.62. The second-order valence-corrected chi connectivity index (χ2v) is 3.17. The molecule has 0 spiro atoms. The Morgan fingerprint density at radius 1 is 1.21 bits per heavy atom. The summed E-state index contributed by atoms with van der Waals surface area (Å²) in [4.78, 5) is 3.83. The predicted molar refractivity (Wildman–Crippen MR) is 58.5 cm³/mol. The molecule has 0 aliphatic carbocycles. The third kappa shape index (κ3) is 3.20. The third-order valence-electron chi connectivity index (χ3n) is 1.58. The largest absolute Gasteiger partial charge is 0.397 e. The van der Waals surface area contributed by atoms with E-state index in [0.717, 1.165) is 0 Å². The van der Waals surface area contributed by atoms with Gasteiger partial charge in [0.1, 0.15) is 5.67 Å². The standard InChI is InChI=1S/C8H12FN3.C2H6/c1-8(2,9)7-3-5(10)6(11)4-12-7;1-2/h3-4H,11H2,1-2H3,(H2,10,12);1-2H3. The second-order valence-electron chi connectivity index (χ2n) is 3.17. The first-order valence-corrected chi connectivity index (χ1v) is 4.61. The van der Waals surface area contributed by atoms with Crippen molar-refractivity contribution in [1.82, 2.24) is 4.98 Å². The maximum absolute atomic E-state index is 13.3. The summed E-state index contributed by atoms with van der Waals surface area (Å²) in [6.45, 7) is 6.84. The fourth-order valence-electron chi connectivity index (χ4n) is 0.807. The van der Waals surface area contributed by atoms with Crippen molar-refractivity contribution in [2.75, 3.05) is 11.5 Å². The van der Waals surface area contributed by atoms with E-state index in [4.69, 9.17) is 11.5 Å². The molecular formula is C10H18FN3. The Hall–Kier alpha value is -1.32. The van der Waals surface area contributed by atoms with E-state index in [0.29, 0.717) is 17.1 Å². The van der Waals surface area contributed by atoms with Crippen LogP contribution in [0.1, 0.15) is 33.4 Å². The fraction of sp³-hybridized carbons (Fsp3) is 0.500. The highest BCUT2D eigenvalue weighted by Crippen LogP contribution is 2.25. The van der Waals surface area contributed by atoms with Gasteiger partial charge in [-0.3, -0.25) is 4.98 Å². The number of alkyl halides is 1. The number of hydrogen-bond acceptors (Lipinski definition) is 3. The van der Waals surface area contributed by atoms with Crippen molar-refractivity contribution in [1.29, 1.82) is 0 Å². The van der Waals surface area contributed by atoms with Gasteiger partial charge in [-0.2, -0.15) is 0 Å². The number of aromatic nitrogens is 1. The minimum absolute atomic E-state index is 0.300. The number of nitrogen functional groups attached to an aromatic ring is 2. The summed E-state index contributed by atoms with van der Waals surface area (Å²) in [6.07, 6.45) is 1.37. The number of halogens is 1. The fourth-order valence-corrected chi connectivity index (χ4v) is 0.807. The Balaban J connectivity index is 0.000000791. The summed E-state index contributed by atoms with van der Waals surface area (Å²) in [5, 5.41) is 0. The number of rotatable bonds is 1. The molecule has 3 nitrogen and oxygen atoms in total. The van der Waals surface area contributed by atoms with Gasteiger partial charge in [0.15, 0.2) is 0 Å². The number of nitrogens with two attached hydrogens (primary N) is 2. The number of pyridine rings is 1. The molecule has 0 fully saturated rings. The van der Waals surface area contributed by atoms with E-state index in [1.807, 2.05) is 13.8 Å². The minimum Gasteiger partial charge on any atom is -0.397 e. The van der Waals surface area contributed by atoms with E-state index in [2.05, 4.69) is 4.98 Å². The van der Waals surface area contributed by atoms with Gasteiger partial charge in [0.25, 0.3) is 0 Å². The second kappa shape index (κ2) is 4.79. The molecule has 0 saturated heterocycles. The van der Waals surface area contributed by atoms with Crippen molar-refractivity contribution in [2.24, 2.45) is 0 Å². The predicted octanol–water partition coefficient (Wildman–Crippen LogP) is 2.48. The number of nitrogens with zero attached hydrogens (tertiary/aromatic N) is 1. The summed E-state index contributed by atoms with van der Waals surface area (Å²) in [6, 6.07) is 1.45. The van der Waals surface area contributed by atoms with Crippen molar-refractivity contribution in [2.45, 2.75) is 33.4 Å². The molecule has 14 heavy (non-hydrogen) atoms. The third-order valence-corrected chi connectivity index (χ3v) is 1.58. The van der Waals surface area contributed by atoms with Crippen LogP contribution in [0.5, 0.6) is 0 Å². The van der Waals surface area contributed by atoms with E-state index in [9.17, 15) is 4.39 Å². The molecular weight excluding hydrogens is 181 g/mol. The Bertz CT molecular complexity index is 292. The molecule has 0 unspecified atom stereocenters. The van der Waals surface area contributed by atoms with E-state index < -0.39 is 5.67 Å². The van der Waals surface area contributed by atoms with Crippen molar-refractivity contribution in [3.05, 3.63) is 18.0 Å². The van der Waals surface area contributed by atoms with Gasteiger partial charge in [-0.15, -0.1) is 0 Å². The topological polar surface area (TPSA) is 64.9 Å². The van der Waals surface area contributed by atoms with Crippen molar-refractivity contribution in [3.8, 4) is 0 Å². The first-order valence-electron chi connectivity index (χ1n) is 4.61. The first kappa shape index (κ1) is 12.7. The van der Waals surface area contributed by atoms with Gasteiger partial charge in [-0.1, -0.05) is 13.8 Å². The molecule has 0 aliphatic heterocycles. The highest BCUT2D eigenvalue weighted by Gasteiger charge is 2.20. The average molecular weight is 199 g/mol. The van der Waals surface area contributed by atoms with E-state index in [1.54, 1.807) is 0 Å². The van der Waals surface area contributed by atoms with Gasteiger partial charge in [0.2, 0.25) is 0 Å². The van der Waals surface area contributed by atoms with Crippen LogP contribution in [-0.4, -0.2) is 4.98 Å². The smallest absolute Gasteiger partial charge is 0.147 e.